The Morgan fingerprint density at radius 2 is 1.76 bits per heavy atom. The zero-order chi connectivity index (χ0) is 26.9. The number of halogens is 1. The summed E-state index contributed by atoms with van der Waals surface area (Å²) in [5.41, 5.74) is 4.87. The molecule has 0 spiro atoms. The average Bonchev–Trinajstić information content (AvgIpc) is 3.36. The summed E-state index contributed by atoms with van der Waals surface area (Å²) in [5, 5.41) is 14.0. The number of carbonyl (C=O) groups excluding carboxylic acids is 1. The summed E-state index contributed by atoms with van der Waals surface area (Å²) < 4.78 is 18.0. The van der Waals surface area contributed by atoms with E-state index < -0.39 is 0 Å². The fourth-order valence-corrected chi connectivity index (χ4v) is 4.39. The van der Waals surface area contributed by atoms with E-state index in [2.05, 4.69) is 20.7 Å². The van der Waals surface area contributed by atoms with Crippen LogP contribution in [0.15, 0.2) is 77.0 Å². The summed E-state index contributed by atoms with van der Waals surface area (Å²) in [4.78, 5) is 12.6. The quantitative estimate of drug-likeness (QED) is 0.154. The number of thioether (sulfide) groups is 1. The average molecular weight is 552 g/mol. The first kappa shape index (κ1) is 27.0. The lowest BCUT2D eigenvalue weighted by atomic mass is 10.2. The van der Waals surface area contributed by atoms with Crippen LogP contribution in [0, 0.1) is 0 Å². The fourth-order valence-electron chi connectivity index (χ4n) is 3.52. The van der Waals surface area contributed by atoms with E-state index >= 15 is 0 Å². The number of amides is 1. The van der Waals surface area contributed by atoms with Gasteiger partial charge in [-0.1, -0.05) is 23.4 Å². The summed E-state index contributed by atoms with van der Waals surface area (Å²) in [6.07, 6.45) is 1.50. The van der Waals surface area contributed by atoms with Gasteiger partial charge in [0.15, 0.2) is 11.0 Å². The minimum Gasteiger partial charge on any atom is -0.497 e. The van der Waals surface area contributed by atoms with E-state index in [0.29, 0.717) is 39.7 Å². The van der Waals surface area contributed by atoms with Crippen LogP contribution in [0.1, 0.15) is 12.5 Å². The molecule has 1 heterocycles. The molecular formula is C27H26ClN5O4S. The highest BCUT2D eigenvalue weighted by Crippen LogP contribution is 2.29. The molecule has 196 valence electrons. The summed E-state index contributed by atoms with van der Waals surface area (Å²) in [6.45, 7) is 2.51. The van der Waals surface area contributed by atoms with Crippen molar-refractivity contribution in [2.75, 3.05) is 26.6 Å². The van der Waals surface area contributed by atoms with Gasteiger partial charge in [-0.05, 0) is 73.7 Å². The van der Waals surface area contributed by atoms with E-state index in [1.54, 1.807) is 44.6 Å². The highest BCUT2D eigenvalue weighted by molar-refractivity contribution is 7.99. The molecule has 0 unspecified atom stereocenters. The molecule has 3 aromatic carbocycles. The molecule has 1 amide bonds. The number of methoxy groups -OCH3 is 2. The van der Waals surface area contributed by atoms with Gasteiger partial charge in [0.25, 0.3) is 5.91 Å². The maximum Gasteiger partial charge on any atom is 0.250 e. The molecule has 11 heteroatoms. The Morgan fingerprint density at radius 3 is 2.45 bits per heavy atom. The monoisotopic (exact) mass is 551 g/mol. The van der Waals surface area contributed by atoms with Crippen LogP contribution in [0.5, 0.6) is 17.2 Å². The standard InChI is InChI=1S/C27H26ClN5O4S/c1-4-37-22-11-9-21(10-12-22)33-26(18-5-7-20(28)8-6-18)31-32-27(33)38-17-25(34)30-29-16-19-15-23(35-2)13-14-24(19)36-3/h5-16H,4,17H2,1-3H3,(H,30,34)/b29-16-. The van der Waals surface area contributed by atoms with Gasteiger partial charge in [0.05, 0.1) is 32.8 Å². The van der Waals surface area contributed by atoms with Gasteiger partial charge in [0, 0.05) is 21.8 Å². The molecule has 0 aliphatic carbocycles. The van der Waals surface area contributed by atoms with Gasteiger partial charge in [0.1, 0.15) is 17.2 Å². The lowest BCUT2D eigenvalue weighted by molar-refractivity contribution is -0.118. The summed E-state index contributed by atoms with van der Waals surface area (Å²) in [7, 11) is 3.14. The van der Waals surface area contributed by atoms with E-state index in [1.165, 1.54) is 18.0 Å². The molecule has 0 atom stereocenters. The van der Waals surface area contributed by atoms with E-state index in [9.17, 15) is 4.79 Å². The van der Waals surface area contributed by atoms with Gasteiger partial charge in [-0.25, -0.2) is 5.43 Å². The van der Waals surface area contributed by atoms with Crippen molar-refractivity contribution >= 4 is 35.5 Å². The Morgan fingerprint density at radius 1 is 1.03 bits per heavy atom. The molecule has 0 saturated heterocycles. The zero-order valence-corrected chi connectivity index (χ0v) is 22.6. The molecule has 0 fully saturated rings. The van der Waals surface area contributed by atoms with Crippen LogP contribution in [0.3, 0.4) is 0 Å². The molecule has 0 radical (unpaired) electrons. The number of carbonyl (C=O) groups is 1. The second-order valence-corrected chi connectivity index (χ2v) is 9.14. The van der Waals surface area contributed by atoms with Crippen LogP contribution in [-0.2, 0) is 4.79 Å². The van der Waals surface area contributed by atoms with Crippen molar-refractivity contribution in [3.8, 4) is 34.3 Å². The van der Waals surface area contributed by atoms with Crippen molar-refractivity contribution < 1.29 is 19.0 Å². The molecule has 0 aliphatic heterocycles. The van der Waals surface area contributed by atoms with Crippen molar-refractivity contribution in [3.63, 3.8) is 0 Å². The van der Waals surface area contributed by atoms with Crippen LogP contribution < -0.4 is 19.6 Å². The fraction of sp³-hybridized carbons (Fsp3) is 0.185. The van der Waals surface area contributed by atoms with E-state index in [1.807, 2.05) is 47.9 Å². The second-order valence-electron chi connectivity index (χ2n) is 7.77. The molecule has 9 nitrogen and oxygen atoms in total. The molecular weight excluding hydrogens is 526 g/mol. The molecule has 0 saturated carbocycles. The van der Waals surface area contributed by atoms with Crippen LogP contribution in [0.4, 0.5) is 0 Å². The van der Waals surface area contributed by atoms with Gasteiger partial charge in [-0.3, -0.25) is 9.36 Å². The van der Waals surface area contributed by atoms with Crippen LogP contribution in [-0.4, -0.2) is 53.5 Å². The van der Waals surface area contributed by atoms with Crippen molar-refractivity contribution in [2.45, 2.75) is 12.1 Å². The summed E-state index contributed by atoms with van der Waals surface area (Å²) in [5.74, 6) is 2.41. The van der Waals surface area contributed by atoms with Gasteiger partial charge in [-0.2, -0.15) is 5.10 Å². The molecule has 0 bridgehead atoms. The lowest BCUT2D eigenvalue weighted by Crippen LogP contribution is -2.20. The van der Waals surface area contributed by atoms with Gasteiger partial charge in [-0.15, -0.1) is 10.2 Å². The Hall–Kier alpha value is -4.02. The number of rotatable bonds is 11. The van der Waals surface area contributed by atoms with E-state index in [0.717, 1.165) is 17.0 Å². The van der Waals surface area contributed by atoms with Gasteiger partial charge >= 0.3 is 0 Å². The predicted octanol–water partition coefficient (Wildman–Crippen LogP) is 5.25. The van der Waals surface area contributed by atoms with Gasteiger partial charge in [0.2, 0.25) is 0 Å². The molecule has 1 aromatic heterocycles. The lowest BCUT2D eigenvalue weighted by Gasteiger charge is -2.11. The van der Waals surface area contributed by atoms with Crippen LogP contribution in [0.2, 0.25) is 5.02 Å². The summed E-state index contributed by atoms with van der Waals surface area (Å²) in [6, 6.07) is 20.3. The third-order valence-electron chi connectivity index (χ3n) is 5.30. The topological polar surface area (TPSA) is 99.9 Å². The number of nitrogens with zero attached hydrogens (tertiary/aromatic N) is 4. The Bertz CT molecular complexity index is 1410. The number of aromatic nitrogens is 3. The summed E-state index contributed by atoms with van der Waals surface area (Å²) >= 11 is 7.32. The highest BCUT2D eigenvalue weighted by atomic mass is 35.5. The number of hydrogen-bond acceptors (Lipinski definition) is 8. The minimum absolute atomic E-state index is 0.0718. The van der Waals surface area contributed by atoms with Crippen molar-refractivity contribution in [1.82, 2.24) is 20.2 Å². The van der Waals surface area contributed by atoms with Crippen LogP contribution >= 0.6 is 23.4 Å². The largest absolute Gasteiger partial charge is 0.497 e. The van der Waals surface area contributed by atoms with E-state index in [-0.39, 0.29) is 11.7 Å². The Labute approximate surface area is 229 Å². The van der Waals surface area contributed by atoms with Gasteiger partial charge < -0.3 is 14.2 Å². The van der Waals surface area contributed by atoms with Crippen LogP contribution in [0.25, 0.3) is 17.1 Å². The number of nitrogens with one attached hydrogen (secondary N) is 1. The number of hydrazone groups is 1. The number of ether oxygens (including phenoxy) is 3. The predicted molar refractivity (Wildman–Crippen MR) is 149 cm³/mol. The molecule has 4 rings (SSSR count). The Balaban J connectivity index is 1.51. The number of benzene rings is 3. The minimum atomic E-state index is -0.303. The first-order valence-electron chi connectivity index (χ1n) is 11.6. The van der Waals surface area contributed by atoms with Crippen molar-refractivity contribution in [2.24, 2.45) is 5.10 Å². The zero-order valence-electron chi connectivity index (χ0n) is 21.1. The molecule has 0 aliphatic rings. The number of hydrogen-bond donors (Lipinski definition) is 1. The molecule has 4 aromatic rings. The van der Waals surface area contributed by atoms with E-state index in [4.69, 9.17) is 25.8 Å². The molecule has 1 N–H and O–H groups in total. The highest BCUT2D eigenvalue weighted by Gasteiger charge is 2.17. The normalized spacial score (nSPS) is 10.9. The first-order chi connectivity index (χ1) is 18.5. The SMILES string of the molecule is CCOc1ccc(-n2c(SCC(=O)N/N=C\c3cc(OC)ccc3OC)nnc2-c2ccc(Cl)cc2)cc1. The second kappa shape index (κ2) is 13.0. The smallest absolute Gasteiger partial charge is 0.250 e. The first-order valence-corrected chi connectivity index (χ1v) is 13.0. The maximum atomic E-state index is 12.6. The third kappa shape index (κ3) is 6.64. The molecule has 38 heavy (non-hydrogen) atoms. The maximum absolute atomic E-state index is 12.6. The third-order valence-corrected chi connectivity index (χ3v) is 6.48. The van der Waals surface area contributed by atoms with Crippen molar-refractivity contribution in [3.05, 3.63) is 77.3 Å². The van der Waals surface area contributed by atoms with Crippen molar-refractivity contribution in [1.29, 1.82) is 0 Å². The Kier molecular flexibility index (Phi) is 9.23.